The summed E-state index contributed by atoms with van der Waals surface area (Å²) >= 11 is 3.53. The Balaban J connectivity index is 2.11. The predicted molar refractivity (Wildman–Crippen MR) is 88.2 cm³/mol. The monoisotopic (exact) mass is 358 g/mol. The van der Waals surface area contributed by atoms with Crippen molar-refractivity contribution in [2.45, 2.75) is 55.0 Å². The van der Waals surface area contributed by atoms with Crippen molar-refractivity contribution in [1.82, 2.24) is 0 Å². The summed E-state index contributed by atoms with van der Waals surface area (Å²) in [7, 11) is -3.03. The van der Waals surface area contributed by atoms with Gasteiger partial charge in [-0.05, 0) is 36.8 Å². The zero-order chi connectivity index (χ0) is 14.8. The number of sulfone groups is 1. The molecule has 0 saturated heterocycles. The molecule has 1 aliphatic rings. The van der Waals surface area contributed by atoms with Crippen LogP contribution in [0.5, 0.6) is 0 Å². The van der Waals surface area contributed by atoms with E-state index in [0.717, 1.165) is 5.56 Å². The van der Waals surface area contributed by atoms with Crippen LogP contribution in [0.15, 0.2) is 24.3 Å². The molecule has 0 spiro atoms. The molecule has 20 heavy (non-hydrogen) atoms. The van der Waals surface area contributed by atoms with Crippen LogP contribution in [-0.2, 0) is 9.84 Å². The third-order valence-corrected chi connectivity index (χ3v) is 7.71. The van der Waals surface area contributed by atoms with Crippen molar-refractivity contribution in [3.05, 3.63) is 35.4 Å². The third kappa shape index (κ3) is 3.85. The van der Waals surface area contributed by atoms with Gasteiger partial charge < -0.3 is 0 Å². The summed E-state index contributed by atoms with van der Waals surface area (Å²) in [5.74, 6) is 0.693. The molecule has 0 aliphatic heterocycles. The van der Waals surface area contributed by atoms with E-state index >= 15 is 0 Å². The molecule has 1 aromatic carbocycles. The molecule has 1 aromatic rings. The molecule has 1 aliphatic carbocycles. The summed E-state index contributed by atoms with van der Waals surface area (Å²) in [6, 6.07) is 8.50. The van der Waals surface area contributed by atoms with E-state index in [1.165, 1.54) is 43.9 Å². The van der Waals surface area contributed by atoms with Gasteiger partial charge in [-0.1, -0.05) is 59.5 Å². The van der Waals surface area contributed by atoms with E-state index in [0.29, 0.717) is 5.92 Å². The summed E-state index contributed by atoms with van der Waals surface area (Å²) in [5, 5.41) is -0.414. The largest absolute Gasteiger partial charge is 0.229 e. The minimum Gasteiger partial charge on any atom is -0.229 e. The van der Waals surface area contributed by atoms with Gasteiger partial charge in [-0.3, -0.25) is 0 Å². The lowest BCUT2D eigenvalue weighted by Crippen LogP contribution is -2.20. The summed E-state index contributed by atoms with van der Waals surface area (Å²) in [6.45, 7) is 1.75. The maximum absolute atomic E-state index is 11.6. The van der Waals surface area contributed by atoms with Crippen molar-refractivity contribution in [3.63, 3.8) is 0 Å². The zero-order valence-electron chi connectivity index (χ0n) is 12.2. The van der Waals surface area contributed by atoms with Gasteiger partial charge in [0.05, 0.1) is 10.1 Å². The van der Waals surface area contributed by atoms with Crippen molar-refractivity contribution in [1.29, 1.82) is 0 Å². The lowest BCUT2D eigenvalue weighted by Gasteiger charge is -2.23. The van der Waals surface area contributed by atoms with Crippen molar-refractivity contribution in [2.75, 3.05) is 6.26 Å². The first-order valence-electron chi connectivity index (χ1n) is 7.32. The zero-order valence-corrected chi connectivity index (χ0v) is 14.6. The molecule has 0 amide bonds. The second-order valence-electron chi connectivity index (χ2n) is 5.94. The highest BCUT2D eigenvalue weighted by Crippen LogP contribution is 2.35. The second kappa shape index (κ2) is 6.61. The molecule has 0 bridgehead atoms. The Morgan fingerprint density at radius 1 is 1.10 bits per heavy atom. The van der Waals surface area contributed by atoms with Crippen LogP contribution in [0.4, 0.5) is 0 Å². The average molecular weight is 359 g/mol. The first-order chi connectivity index (χ1) is 9.39. The minimum atomic E-state index is -3.03. The van der Waals surface area contributed by atoms with Gasteiger partial charge in [0.15, 0.2) is 9.84 Å². The fraction of sp³-hybridized carbons (Fsp3) is 0.625. The highest BCUT2D eigenvalue weighted by atomic mass is 79.9. The predicted octanol–water partition coefficient (Wildman–Crippen LogP) is 4.60. The molecule has 0 radical (unpaired) electrons. The van der Waals surface area contributed by atoms with Gasteiger partial charge in [0, 0.05) is 6.26 Å². The highest BCUT2D eigenvalue weighted by molar-refractivity contribution is 9.09. The van der Waals surface area contributed by atoms with E-state index in [2.05, 4.69) is 40.2 Å². The van der Waals surface area contributed by atoms with Gasteiger partial charge in [-0.2, -0.15) is 0 Å². The second-order valence-corrected chi connectivity index (χ2v) is 9.33. The van der Waals surface area contributed by atoms with Crippen LogP contribution in [0, 0.1) is 0 Å². The Labute approximate surface area is 131 Å². The molecule has 0 N–H and O–H groups in total. The molecule has 2 nitrogen and oxygen atoms in total. The number of hydrogen-bond acceptors (Lipinski definition) is 2. The van der Waals surface area contributed by atoms with Gasteiger partial charge in [0.1, 0.15) is 0 Å². The Kier molecular flexibility index (Phi) is 5.30. The summed E-state index contributed by atoms with van der Waals surface area (Å²) in [6.07, 6.45) is 7.90. The van der Waals surface area contributed by atoms with Crippen LogP contribution in [0.1, 0.15) is 60.9 Å². The maximum atomic E-state index is 11.6. The first-order valence-corrected chi connectivity index (χ1v) is 10.2. The van der Waals surface area contributed by atoms with Crippen LogP contribution in [0.25, 0.3) is 0 Å². The lowest BCUT2D eigenvalue weighted by molar-refractivity contribution is 0.443. The van der Waals surface area contributed by atoms with Gasteiger partial charge >= 0.3 is 0 Å². The maximum Gasteiger partial charge on any atom is 0.151 e. The van der Waals surface area contributed by atoms with E-state index < -0.39 is 15.1 Å². The first kappa shape index (κ1) is 16.0. The SMILES string of the molecule is CC(C(Br)c1ccc(C2CCCCC2)cc1)S(C)(=O)=O. The van der Waals surface area contributed by atoms with Crippen LogP contribution in [0.2, 0.25) is 0 Å². The number of benzene rings is 1. The number of halogens is 1. The van der Waals surface area contributed by atoms with Gasteiger partial charge in [-0.25, -0.2) is 8.42 Å². The molecule has 2 rings (SSSR count). The molecule has 0 heterocycles. The van der Waals surface area contributed by atoms with Crippen molar-refractivity contribution in [2.24, 2.45) is 0 Å². The molecule has 2 atom stereocenters. The quantitative estimate of drug-likeness (QED) is 0.736. The number of hydrogen-bond donors (Lipinski definition) is 0. The van der Waals surface area contributed by atoms with E-state index in [9.17, 15) is 8.42 Å². The normalized spacial score (nSPS) is 20.6. The summed E-state index contributed by atoms with van der Waals surface area (Å²) in [5.41, 5.74) is 2.45. The molecule has 1 fully saturated rings. The van der Waals surface area contributed by atoms with Crippen LogP contribution < -0.4 is 0 Å². The third-order valence-electron chi connectivity index (χ3n) is 4.42. The van der Waals surface area contributed by atoms with E-state index in [-0.39, 0.29) is 4.83 Å². The van der Waals surface area contributed by atoms with Crippen molar-refractivity contribution < 1.29 is 8.42 Å². The van der Waals surface area contributed by atoms with Gasteiger partial charge in [0.2, 0.25) is 0 Å². The van der Waals surface area contributed by atoms with Gasteiger partial charge in [0.25, 0.3) is 0 Å². The molecular formula is C16H23BrO2S. The Bertz CT molecular complexity index is 530. The highest BCUT2D eigenvalue weighted by Gasteiger charge is 2.25. The van der Waals surface area contributed by atoms with Gasteiger partial charge in [-0.15, -0.1) is 0 Å². The Morgan fingerprint density at radius 2 is 1.65 bits per heavy atom. The number of alkyl halides is 1. The van der Waals surface area contributed by atoms with Crippen molar-refractivity contribution in [3.8, 4) is 0 Å². The van der Waals surface area contributed by atoms with E-state index in [1.54, 1.807) is 6.92 Å². The molecule has 112 valence electrons. The fourth-order valence-electron chi connectivity index (χ4n) is 2.88. The number of rotatable bonds is 4. The lowest BCUT2D eigenvalue weighted by atomic mass is 9.84. The van der Waals surface area contributed by atoms with E-state index in [1.807, 2.05) is 0 Å². The molecular weight excluding hydrogens is 336 g/mol. The molecule has 4 heteroatoms. The van der Waals surface area contributed by atoms with Crippen LogP contribution in [0.3, 0.4) is 0 Å². The average Bonchev–Trinajstić information content (AvgIpc) is 2.46. The molecule has 0 aromatic heterocycles. The smallest absolute Gasteiger partial charge is 0.151 e. The Hall–Kier alpha value is -0.350. The van der Waals surface area contributed by atoms with Crippen molar-refractivity contribution >= 4 is 25.8 Å². The standard InChI is InChI=1S/C16H23BrO2S/c1-12(20(2,18)19)16(17)15-10-8-14(9-11-15)13-6-4-3-5-7-13/h8-13,16H,3-7H2,1-2H3. The topological polar surface area (TPSA) is 34.1 Å². The molecule has 1 saturated carbocycles. The summed E-state index contributed by atoms with van der Waals surface area (Å²) in [4.78, 5) is -0.141. The van der Waals surface area contributed by atoms with Crippen LogP contribution in [-0.4, -0.2) is 19.9 Å². The minimum absolute atomic E-state index is 0.141. The van der Waals surface area contributed by atoms with Crippen LogP contribution >= 0.6 is 15.9 Å². The Morgan fingerprint density at radius 3 is 2.15 bits per heavy atom. The summed E-state index contributed by atoms with van der Waals surface area (Å²) < 4.78 is 23.3. The van der Waals surface area contributed by atoms with E-state index in [4.69, 9.17) is 0 Å². The fourth-order valence-corrected chi connectivity index (χ4v) is 4.95. The molecule has 2 unspecified atom stereocenters.